The molecule has 5 rings (SSSR count). The quantitative estimate of drug-likeness (QED) is 0.479. The monoisotopic (exact) mass is 482 g/mol. The molecule has 0 bridgehead atoms. The Morgan fingerprint density at radius 3 is 2.76 bits per heavy atom. The van der Waals surface area contributed by atoms with E-state index < -0.39 is 5.41 Å². The van der Waals surface area contributed by atoms with E-state index in [0.717, 1.165) is 56.9 Å². The van der Waals surface area contributed by atoms with Gasteiger partial charge in [0.15, 0.2) is 0 Å². The predicted octanol–water partition coefficient (Wildman–Crippen LogP) is 5.04. The van der Waals surface area contributed by atoms with Crippen molar-refractivity contribution in [2.45, 2.75) is 38.5 Å². The Labute approximate surface area is 203 Å². The van der Waals surface area contributed by atoms with Gasteiger partial charge in [-0.3, -0.25) is 9.69 Å². The first-order chi connectivity index (χ1) is 16.4. The second-order valence-corrected chi connectivity index (χ2v) is 10.6. The van der Waals surface area contributed by atoms with Crippen molar-refractivity contribution in [3.05, 3.63) is 47.8 Å². The molecular formula is C26H31FN4O2S. The smallest absolute Gasteiger partial charge is 0.225 e. The van der Waals surface area contributed by atoms with Gasteiger partial charge in [0.25, 0.3) is 0 Å². The number of piperazine rings is 1. The molecule has 1 N–H and O–H groups in total. The first-order valence-corrected chi connectivity index (χ1v) is 12.8. The van der Waals surface area contributed by atoms with Crippen molar-refractivity contribution in [3.8, 4) is 5.75 Å². The maximum absolute atomic E-state index is 14.2. The van der Waals surface area contributed by atoms with Gasteiger partial charge in [-0.15, -0.1) is 0 Å². The molecule has 2 aliphatic heterocycles. The van der Waals surface area contributed by atoms with Gasteiger partial charge >= 0.3 is 0 Å². The van der Waals surface area contributed by atoms with Crippen LogP contribution in [0.3, 0.4) is 0 Å². The molecule has 3 aromatic rings. The Morgan fingerprint density at radius 2 is 1.94 bits per heavy atom. The van der Waals surface area contributed by atoms with Crippen LogP contribution in [0.1, 0.15) is 38.7 Å². The molecule has 0 aliphatic carbocycles. The molecule has 6 nitrogen and oxygen atoms in total. The highest BCUT2D eigenvalue weighted by molar-refractivity contribution is 7.13. The van der Waals surface area contributed by atoms with Gasteiger partial charge < -0.3 is 15.0 Å². The fraction of sp³-hybridized carbons (Fsp3) is 0.462. The number of fused-ring (bicyclic) bond motifs is 2. The SMILES string of the molecule is CC1(C)CC(=O)Nc2c(OCCCCN3CCN(c4nsc5ccccc45)CC3)cc(F)cc21. The summed E-state index contributed by atoms with van der Waals surface area (Å²) >= 11 is 1.57. The lowest BCUT2D eigenvalue weighted by Crippen LogP contribution is -2.46. The van der Waals surface area contributed by atoms with Crippen LogP contribution in [0, 0.1) is 5.82 Å². The summed E-state index contributed by atoms with van der Waals surface area (Å²) in [6.07, 6.45) is 2.23. The van der Waals surface area contributed by atoms with Crippen molar-refractivity contribution in [2.75, 3.05) is 49.5 Å². The zero-order valence-corrected chi connectivity index (χ0v) is 20.6. The maximum Gasteiger partial charge on any atom is 0.225 e. The van der Waals surface area contributed by atoms with Crippen molar-refractivity contribution in [1.29, 1.82) is 0 Å². The predicted molar refractivity (Wildman–Crippen MR) is 136 cm³/mol. The molecular weight excluding hydrogens is 451 g/mol. The molecule has 1 aromatic heterocycles. The standard InChI is InChI=1S/C26H31FN4O2S/c1-26(2)17-23(32)28-24-20(26)15-18(27)16-21(24)33-14-6-5-9-30-10-12-31(13-11-30)25-19-7-3-4-8-22(19)34-29-25/h3-4,7-8,15-16H,5-6,9-14,17H2,1-2H3,(H,28,32). The largest absolute Gasteiger partial charge is 0.491 e. The van der Waals surface area contributed by atoms with Gasteiger partial charge in [-0.1, -0.05) is 26.0 Å². The van der Waals surface area contributed by atoms with Crippen LogP contribution in [0.2, 0.25) is 0 Å². The molecule has 1 amide bonds. The lowest BCUT2D eigenvalue weighted by atomic mass is 9.78. The number of unbranched alkanes of at least 4 members (excludes halogenated alkanes) is 1. The van der Waals surface area contributed by atoms with E-state index in [9.17, 15) is 9.18 Å². The van der Waals surface area contributed by atoms with Gasteiger partial charge in [-0.2, -0.15) is 4.37 Å². The van der Waals surface area contributed by atoms with Crippen LogP contribution >= 0.6 is 11.5 Å². The summed E-state index contributed by atoms with van der Waals surface area (Å²) in [4.78, 5) is 17.0. The topological polar surface area (TPSA) is 57.7 Å². The number of aromatic nitrogens is 1. The number of amides is 1. The molecule has 0 radical (unpaired) electrons. The number of hydrogen-bond acceptors (Lipinski definition) is 6. The number of nitrogens with zero attached hydrogens (tertiary/aromatic N) is 3. The van der Waals surface area contributed by atoms with Crippen LogP contribution in [0.25, 0.3) is 10.1 Å². The van der Waals surface area contributed by atoms with E-state index in [2.05, 4.69) is 43.8 Å². The number of ether oxygens (including phenoxy) is 1. The van der Waals surface area contributed by atoms with Crippen molar-refractivity contribution >= 4 is 39.0 Å². The summed E-state index contributed by atoms with van der Waals surface area (Å²) in [5.74, 6) is 1.16. The van der Waals surface area contributed by atoms with E-state index in [1.54, 1.807) is 11.5 Å². The molecule has 1 fully saturated rings. The summed E-state index contributed by atoms with van der Waals surface area (Å²) < 4.78 is 26.1. The van der Waals surface area contributed by atoms with Gasteiger partial charge in [0, 0.05) is 49.5 Å². The first kappa shape index (κ1) is 23.1. The van der Waals surface area contributed by atoms with Crippen LogP contribution in [0.5, 0.6) is 5.75 Å². The third-order valence-corrected chi connectivity index (χ3v) is 7.64. The normalized spacial score (nSPS) is 18.1. The van der Waals surface area contributed by atoms with E-state index in [4.69, 9.17) is 4.74 Å². The number of benzene rings is 2. The Kier molecular flexibility index (Phi) is 6.44. The summed E-state index contributed by atoms with van der Waals surface area (Å²) in [7, 11) is 0. The lowest BCUT2D eigenvalue weighted by molar-refractivity contribution is -0.117. The molecule has 180 valence electrons. The van der Waals surface area contributed by atoms with Gasteiger partial charge in [-0.25, -0.2) is 4.39 Å². The highest BCUT2D eigenvalue weighted by Gasteiger charge is 2.34. The minimum atomic E-state index is -0.412. The molecule has 3 heterocycles. The van der Waals surface area contributed by atoms with Gasteiger partial charge in [0.05, 0.1) is 17.0 Å². The summed E-state index contributed by atoms with van der Waals surface area (Å²) in [5.41, 5.74) is 1.01. The van der Waals surface area contributed by atoms with E-state index >= 15 is 0 Å². The second kappa shape index (κ2) is 9.50. The summed E-state index contributed by atoms with van der Waals surface area (Å²) in [6, 6.07) is 11.3. The number of carbonyl (C=O) groups is 1. The molecule has 2 aliphatic rings. The van der Waals surface area contributed by atoms with Crippen LogP contribution < -0.4 is 15.0 Å². The molecule has 0 atom stereocenters. The highest BCUT2D eigenvalue weighted by atomic mass is 32.1. The van der Waals surface area contributed by atoms with Crippen LogP contribution in [0.15, 0.2) is 36.4 Å². The molecule has 0 saturated carbocycles. The minimum Gasteiger partial charge on any atom is -0.491 e. The third-order valence-electron chi connectivity index (χ3n) is 6.82. The highest BCUT2D eigenvalue weighted by Crippen LogP contribution is 2.42. The van der Waals surface area contributed by atoms with Crippen LogP contribution in [-0.4, -0.2) is 54.5 Å². The van der Waals surface area contributed by atoms with Gasteiger partial charge in [0.2, 0.25) is 5.91 Å². The third kappa shape index (κ3) is 4.74. The molecule has 34 heavy (non-hydrogen) atoms. The van der Waals surface area contributed by atoms with Crippen LogP contribution in [0.4, 0.5) is 15.9 Å². The van der Waals surface area contributed by atoms with Gasteiger partial charge in [0.1, 0.15) is 17.4 Å². The zero-order valence-electron chi connectivity index (χ0n) is 19.8. The molecule has 0 spiro atoms. The molecule has 8 heteroatoms. The van der Waals surface area contributed by atoms with E-state index in [-0.39, 0.29) is 11.7 Å². The fourth-order valence-corrected chi connectivity index (χ4v) is 5.74. The zero-order chi connectivity index (χ0) is 23.7. The van der Waals surface area contributed by atoms with E-state index in [1.165, 1.54) is 22.2 Å². The van der Waals surface area contributed by atoms with Crippen LogP contribution in [-0.2, 0) is 10.2 Å². The Morgan fingerprint density at radius 1 is 1.15 bits per heavy atom. The van der Waals surface area contributed by atoms with E-state index in [1.807, 2.05) is 13.8 Å². The number of hydrogen-bond donors (Lipinski definition) is 1. The maximum atomic E-state index is 14.2. The average Bonchev–Trinajstić information content (AvgIpc) is 3.24. The van der Waals surface area contributed by atoms with Crippen molar-refractivity contribution in [3.63, 3.8) is 0 Å². The lowest BCUT2D eigenvalue weighted by Gasteiger charge is -2.35. The number of rotatable bonds is 7. The summed E-state index contributed by atoms with van der Waals surface area (Å²) in [6.45, 7) is 9.44. The Hall–Kier alpha value is -2.71. The number of halogens is 1. The Balaban J connectivity index is 1.09. The number of nitrogens with one attached hydrogen (secondary N) is 1. The van der Waals surface area contributed by atoms with Crippen molar-refractivity contribution in [1.82, 2.24) is 9.27 Å². The molecule has 1 saturated heterocycles. The van der Waals surface area contributed by atoms with Crippen molar-refractivity contribution in [2.24, 2.45) is 0 Å². The van der Waals surface area contributed by atoms with E-state index in [0.29, 0.717) is 24.5 Å². The molecule has 2 aromatic carbocycles. The Bertz CT molecular complexity index is 1190. The minimum absolute atomic E-state index is 0.0567. The second-order valence-electron chi connectivity index (χ2n) is 9.82. The fourth-order valence-electron chi connectivity index (χ4n) is 4.94. The first-order valence-electron chi connectivity index (χ1n) is 12.0. The number of carbonyl (C=O) groups excluding carboxylic acids is 1. The molecule has 0 unspecified atom stereocenters. The number of anilines is 2. The van der Waals surface area contributed by atoms with Gasteiger partial charge in [-0.05, 0) is 54.7 Å². The summed E-state index contributed by atoms with van der Waals surface area (Å²) in [5, 5.41) is 4.13. The van der Waals surface area contributed by atoms with Crippen molar-refractivity contribution < 1.29 is 13.9 Å². The average molecular weight is 483 g/mol.